The molecule has 1 unspecified atom stereocenters. The predicted molar refractivity (Wildman–Crippen MR) is 128 cm³/mol. The smallest absolute Gasteiger partial charge is 0.244 e. The van der Waals surface area contributed by atoms with E-state index in [1.54, 1.807) is 50.2 Å². The molecule has 0 heterocycles. The van der Waals surface area contributed by atoms with E-state index < -0.39 is 28.5 Å². The molecule has 1 N–H and O–H groups in total. The lowest BCUT2D eigenvalue weighted by Gasteiger charge is -2.32. The molecule has 9 heteroatoms. The summed E-state index contributed by atoms with van der Waals surface area (Å²) in [6.45, 7) is 5.50. The monoisotopic (exact) mass is 479 g/mol. The van der Waals surface area contributed by atoms with Crippen molar-refractivity contribution in [2.24, 2.45) is 0 Å². The lowest BCUT2D eigenvalue weighted by molar-refractivity contribution is -0.139. The van der Waals surface area contributed by atoms with Crippen molar-refractivity contribution in [3.8, 4) is 0 Å². The molecule has 1 atom stereocenters. The number of nitrogens with one attached hydrogen (secondary N) is 1. The summed E-state index contributed by atoms with van der Waals surface area (Å²) < 4.78 is 26.3. The van der Waals surface area contributed by atoms with Gasteiger partial charge in [0.2, 0.25) is 21.8 Å². The van der Waals surface area contributed by atoms with Gasteiger partial charge < -0.3 is 10.2 Å². The topological polar surface area (TPSA) is 86.8 Å². The Kier molecular flexibility index (Phi) is 9.09. The number of carbonyl (C=O) groups is 2. The molecule has 32 heavy (non-hydrogen) atoms. The van der Waals surface area contributed by atoms with E-state index in [0.29, 0.717) is 23.7 Å². The molecule has 7 nitrogen and oxygen atoms in total. The molecule has 0 aliphatic carbocycles. The first-order valence-corrected chi connectivity index (χ1v) is 12.7. The van der Waals surface area contributed by atoms with Gasteiger partial charge in [-0.2, -0.15) is 0 Å². The largest absolute Gasteiger partial charge is 0.355 e. The Morgan fingerprint density at radius 1 is 1.06 bits per heavy atom. The lowest BCUT2D eigenvalue weighted by atomic mass is 10.1. The van der Waals surface area contributed by atoms with Gasteiger partial charge >= 0.3 is 0 Å². The molecular weight excluding hydrogens is 450 g/mol. The molecule has 2 aromatic carbocycles. The van der Waals surface area contributed by atoms with Crippen LogP contribution in [0, 0.1) is 0 Å². The van der Waals surface area contributed by atoms with Gasteiger partial charge in [0.25, 0.3) is 0 Å². The molecule has 0 saturated heterocycles. The van der Waals surface area contributed by atoms with E-state index in [-0.39, 0.29) is 12.5 Å². The molecule has 0 bridgehead atoms. The Morgan fingerprint density at radius 2 is 1.69 bits per heavy atom. The number of aryl methyl sites for hydroxylation is 1. The minimum atomic E-state index is -3.75. The molecule has 0 aliphatic heterocycles. The zero-order valence-electron chi connectivity index (χ0n) is 18.8. The Bertz CT molecular complexity index is 1040. The number of rotatable bonds is 10. The highest BCUT2D eigenvalue weighted by Crippen LogP contribution is 2.24. The van der Waals surface area contributed by atoms with Crippen LogP contribution >= 0.6 is 11.6 Å². The summed E-state index contributed by atoms with van der Waals surface area (Å²) in [6, 6.07) is 13.2. The van der Waals surface area contributed by atoms with Crippen LogP contribution in [-0.2, 0) is 32.6 Å². The van der Waals surface area contributed by atoms with Gasteiger partial charge in [-0.15, -0.1) is 0 Å². The van der Waals surface area contributed by atoms with Crippen LogP contribution in [0.25, 0.3) is 0 Å². The van der Waals surface area contributed by atoms with Gasteiger partial charge in [-0.25, -0.2) is 8.42 Å². The van der Waals surface area contributed by atoms with Gasteiger partial charge in [0, 0.05) is 18.1 Å². The minimum absolute atomic E-state index is 0.140. The number of sulfonamides is 1. The third kappa shape index (κ3) is 6.71. The van der Waals surface area contributed by atoms with E-state index in [4.69, 9.17) is 11.6 Å². The molecule has 0 spiro atoms. The van der Waals surface area contributed by atoms with E-state index in [1.165, 1.54) is 4.90 Å². The zero-order chi connectivity index (χ0) is 23.9. The number of para-hydroxylation sites is 1. The van der Waals surface area contributed by atoms with Gasteiger partial charge in [-0.1, -0.05) is 48.9 Å². The molecule has 2 amide bonds. The predicted octanol–water partition coefficient (Wildman–Crippen LogP) is 3.22. The number of halogens is 1. The fourth-order valence-electron chi connectivity index (χ4n) is 3.34. The molecule has 0 saturated carbocycles. The molecule has 174 valence electrons. The number of amides is 2. The summed E-state index contributed by atoms with van der Waals surface area (Å²) in [5.74, 6) is -0.787. The van der Waals surface area contributed by atoms with Crippen molar-refractivity contribution in [1.29, 1.82) is 0 Å². The second-order valence-corrected chi connectivity index (χ2v) is 9.81. The van der Waals surface area contributed by atoms with Gasteiger partial charge in [-0.05, 0) is 49.6 Å². The summed E-state index contributed by atoms with van der Waals surface area (Å²) in [5.41, 5.74) is 2.05. The van der Waals surface area contributed by atoms with Crippen molar-refractivity contribution < 1.29 is 18.0 Å². The first-order valence-electron chi connectivity index (χ1n) is 10.5. The standard InChI is InChI=1S/C23H30ClN3O4S/c1-5-19-9-7-8-10-21(19)27(32(4,30)31)16-22(28)26(17(3)23(29)25-6-2)15-18-11-13-20(24)14-12-18/h7-14,17H,5-6,15-16H2,1-4H3,(H,25,29). The fourth-order valence-corrected chi connectivity index (χ4v) is 4.35. The van der Waals surface area contributed by atoms with Crippen LogP contribution in [0.2, 0.25) is 5.02 Å². The summed E-state index contributed by atoms with van der Waals surface area (Å²) >= 11 is 5.96. The Morgan fingerprint density at radius 3 is 2.25 bits per heavy atom. The second-order valence-electron chi connectivity index (χ2n) is 7.47. The Labute approximate surface area is 195 Å². The third-order valence-electron chi connectivity index (χ3n) is 5.10. The van der Waals surface area contributed by atoms with Gasteiger partial charge in [-0.3, -0.25) is 13.9 Å². The van der Waals surface area contributed by atoms with Crippen LogP contribution in [0.5, 0.6) is 0 Å². The highest BCUT2D eigenvalue weighted by atomic mass is 35.5. The van der Waals surface area contributed by atoms with Crippen LogP contribution in [0.15, 0.2) is 48.5 Å². The number of carbonyl (C=O) groups excluding carboxylic acids is 2. The van der Waals surface area contributed by atoms with Crippen molar-refractivity contribution in [3.05, 3.63) is 64.7 Å². The normalized spacial score (nSPS) is 12.2. The van der Waals surface area contributed by atoms with Gasteiger partial charge in [0.05, 0.1) is 11.9 Å². The van der Waals surface area contributed by atoms with Crippen LogP contribution in [0.4, 0.5) is 5.69 Å². The summed E-state index contributed by atoms with van der Waals surface area (Å²) in [6.07, 6.45) is 1.68. The number of likely N-dealkylation sites (N-methyl/N-ethyl adjacent to an activating group) is 1. The molecule has 0 fully saturated rings. The lowest BCUT2D eigenvalue weighted by Crippen LogP contribution is -2.51. The fraction of sp³-hybridized carbons (Fsp3) is 0.391. The van der Waals surface area contributed by atoms with E-state index in [1.807, 2.05) is 19.1 Å². The van der Waals surface area contributed by atoms with Crippen molar-refractivity contribution in [2.75, 3.05) is 23.7 Å². The summed E-state index contributed by atoms with van der Waals surface area (Å²) in [5, 5.41) is 3.28. The maximum atomic E-state index is 13.4. The minimum Gasteiger partial charge on any atom is -0.355 e. The summed E-state index contributed by atoms with van der Waals surface area (Å²) in [7, 11) is -3.75. The van der Waals surface area contributed by atoms with E-state index in [2.05, 4.69) is 5.32 Å². The van der Waals surface area contributed by atoms with Gasteiger partial charge in [0.15, 0.2) is 0 Å². The molecule has 2 aromatic rings. The number of anilines is 1. The van der Waals surface area contributed by atoms with Crippen molar-refractivity contribution in [1.82, 2.24) is 10.2 Å². The van der Waals surface area contributed by atoms with Crippen molar-refractivity contribution in [3.63, 3.8) is 0 Å². The number of benzene rings is 2. The zero-order valence-corrected chi connectivity index (χ0v) is 20.4. The first kappa shape index (κ1) is 25.7. The maximum absolute atomic E-state index is 13.4. The SMILES string of the molecule is CCNC(=O)C(C)N(Cc1ccc(Cl)cc1)C(=O)CN(c1ccccc1CC)S(C)(=O)=O. The van der Waals surface area contributed by atoms with Crippen LogP contribution < -0.4 is 9.62 Å². The molecular formula is C23H30ClN3O4S. The Hall–Kier alpha value is -2.58. The van der Waals surface area contributed by atoms with Crippen molar-refractivity contribution in [2.45, 2.75) is 39.8 Å². The highest BCUT2D eigenvalue weighted by molar-refractivity contribution is 7.92. The average Bonchev–Trinajstić information content (AvgIpc) is 2.75. The van der Waals surface area contributed by atoms with Crippen LogP contribution in [-0.4, -0.2) is 50.5 Å². The third-order valence-corrected chi connectivity index (χ3v) is 6.48. The molecule has 0 aliphatic rings. The number of nitrogens with zero attached hydrogens (tertiary/aromatic N) is 2. The second kappa shape index (κ2) is 11.3. The van der Waals surface area contributed by atoms with E-state index >= 15 is 0 Å². The van der Waals surface area contributed by atoms with Crippen LogP contribution in [0.1, 0.15) is 31.9 Å². The first-order chi connectivity index (χ1) is 15.1. The number of hydrogen-bond donors (Lipinski definition) is 1. The molecule has 2 rings (SSSR count). The van der Waals surface area contributed by atoms with E-state index in [9.17, 15) is 18.0 Å². The van der Waals surface area contributed by atoms with E-state index in [0.717, 1.165) is 21.7 Å². The molecule has 0 aromatic heterocycles. The number of hydrogen-bond acceptors (Lipinski definition) is 4. The quantitative estimate of drug-likeness (QED) is 0.566. The van der Waals surface area contributed by atoms with Gasteiger partial charge in [0.1, 0.15) is 12.6 Å². The van der Waals surface area contributed by atoms with Crippen LogP contribution in [0.3, 0.4) is 0 Å². The average molecular weight is 480 g/mol. The Balaban J connectivity index is 2.41. The summed E-state index contributed by atoms with van der Waals surface area (Å²) in [4.78, 5) is 27.3. The maximum Gasteiger partial charge on any atom is 0.244 e. The molecule has 0 radical (unpaired) electrons. The highest BCUT2D eigenvalue weighted by Gasteiger charge is 2.30. The van der Waals surface area contributed by atoms with Crippen molar-refractivity contribution >= 4 is 39.1 Å².